The molecule has 0 radical (unpaired) electrons. The number of nitrogens with zero attached hydrogens (tertiary/aromatic N) is 1. The SMILES string of the molecule is COC(=O)C1(CN(C)Cc2ccc(C)o2)CCC1. The summed E-state index contributed by atoms with van der Waals surface area (Å²) >= 11 is 0. The number of hydrogen-bond donors (Lipinski definition) is 0. The zero-order chi connectivity index (χ0) is 13.2. The topological polar surface area (TPSA) is 42.7 Å². The molecule has 18 heavy (non-hydrogen) atoms. The van der Waals surface area contributed by atoms with Crippen molar-refractivity contribution in [3.8, 4) is 0 Å². The average molecular weight is 251 g/mol. The van der Waals surface area contributed by atoms with Gasteiger partial charge in [0, 0.05) is 6.54 Å². The van der Waals surface area contributed by atoms with Crippen molar-refractivity contribution in [2.75, 3.05) is 20.7 Å². The molecule has 0 aliphatic heterocycles. The Bertz CT molecular complexity index is 420. The molecule has 1 saturated carbocycles. The second-order valence-electron chi connectivity index (χ2n) is 5.31. The van der Waals surface area contributed by atoms with E-state index in [4.69, 9.17) is 9.15 Å². The first-order valence-corrected chi connectivity index (χ1v) is 6.38. The van der Waals surface area contributed by atoms with Crippen LogP contribution in [0.5, 0.6) is 0 Å². The van der Waals surface area contributed by atoms with E-state index in [9.17, 15) is 4.79 Å². The van der Waals surface area contributed by atoms with Gasteiger partial charge in [-0.25, -0.2) is 0 Å². The van der Waals surface area contributed by atoms with Gasteiger partial charge in [0.25, 0.3) is 0 Å². The van der Waals surface area contributed by atoms with Crippen LogP contribution in [0.4, 0.5) is 0 Å². The molecule has 1 aromatic heterocycles. The van der Waals surface area contributed by atoms with Gasteiger partial charge in [-0.15, -0.1) is 0 Å². The number of carbonyl (C=O) groups is 1. The summed E-state index contributed by atoms with van der Waals surface area (Å²) in [6, 6.07) is 3.94. The Hall–Kier alpha value is -1.29. The Kier molecular flexibility index (Phi) is 3.76. The second-order valence-corrected chi connectivity index (χ2v) is 5.31. The van der Waals surface area contributed by atoms with Crippen LogP contribution in [0.15, 0.2) is 16.5 Å². The highest BCUT2D eigenvalue weighted by atomic mass is 16.5. The lowest BCUT2D eigenvalue weighted by atomic mass is 9.68. The van der Waals surface area contributed by atoms with Crippen LogP contribution in [0.1, 0.15) is 30.8 Å². The molecule has 0 aromatic carbocycles. The Morgan fingerprint density at radius 3 is 2.67 bits per heavy atom. The number of methoxy groups -OCH3 is 1. The van der Waals surface area contributed by atoms with Gasteiger partial charge in [-0.1, -0.05) is 6.42 Å². The zero-order valence-corrected chi connectivity index (χ0v) is 11.4. The molecule has 1 aromatic rings. The quantitative estimate of drug-likeness (QED) is 0.753. The third-order valence-electron chi connectivity index (χ3n) is 3.72. The van der Waals surface area contributed by atoms with Crippen LogP contribution in [0.25, 0.3) is 0 Å². The highest BCUT2D eigenvalue weighted by molar-refractivity contribution is 5.78. The van der Waals surface area contributed by atoms with Crippen LogP contribution in [-0.4, -0.2) is 31.6 Å². The van der Waals surface area contributed by atoms with Crippen molar-refractivity contribution in [3.63, 3.8) is 0 Å². The van der Waals surface area contributed by atoms with E-state index in [2.05, 4.69) is 4.90 Å². The molecule has 0 atom stereocenters. The number of carbonyl (C=O) groups excluding carboxylic acids is 1. The molecule has 0 amide bonds. The molecular formula is C14H21NO3. The summed E-state index contributed by atoms with van der Waals surface area (Å²) in [5.41, 5.74) is -0.287. The number of esters is 1. The fourth-order valence-corrected chi connectivity index (χ4v) is 2.66. The van der Waals surface area contributed by atoms with Gasteiger partial charge in [0.2, 0.25) is 0 Å². The van der Waals surface area contributed by atoms with Crippen molar-refractivity contribution in [1.29, 1.82) is 0 Å². The van der Waals surface area contributed by atoms with Crippen molar-refractivity contribution in [2.45, 2.75) is 32.7 Å². The van der Waals surface area contributed by atoms with Crippen molar-refractivity contribution < 1.29 is 13.9 Å². The predicted molar refractivity (Wildman–Crippen MR) is 68.1 cm³/mol. The fourth-order valence-electron chi connectivity index (χ4n) is 2.66. The highest BCUT2D eigenvalue weighted by Crippen LogP contribution is 2.42. The molecule has 0 N–H and O–H groups in total. The second kappa shape index (κ2) is 5.14. The minimum Gasteiger partial charge on any atom is -0.469 e. The van der Waals surface area contributed by atoms with E-state index in [1.54, 1.807) is 0 Å². The van der Waals surface area contributed by atoms with E-state index in [-0.39, 0.29) is 11.4 Å². The van der Waals surface area contributed by atoms with E-state index in [0.717, 1.165) is 43.9 Å². The molecule has 1 heterocycles. The van der Waals surface area contributed by atoms with Crippen LogP contribution >= 0.6 is 0 Å². The van der Waals surface area contributed by atoms with E-state index in [0.29, 0.717) is 0 Å². The van der Waals surface area contributed by atoms with Gasteiger partial charge < -0.3 is 9.15 Å². The van der Waals surface area contributed by atoms with Gasteiger partial charge in [-0.3, -0.25) is 9.69 Å². The van der Waals surface area contributed by atoms with Gasteiger partial charge in [-0.05, 0) is 38.9 Å². The van der Waals surface area contributed by atoms with Gasteiger partial charge in [0.15, 0.2) is 0 Å². The Labute approximate surface area is 108 Å². The number of hydrogen-bond acceptors (Lipinski definition) is 4. The Morgan fingerprint density at radius 1 is 1.50 bits per heavy atom. The van der Waals surface area contributed by atoms with E-state index in [1.165, 1.54) is 7.11 Å². The van der Waals surface area contributed by atoms with Crippen LogP contribution < -0.4 is 0 Å². The van der Waals surface area contributed by atoms with Crippen molar-refractivity contribution >= 4 is 5.97 Å². The average Bonchev–Trinajstić information content (AvgIpc) is 2.68. The number of furan rings is 1. The van der Waals surface area contributed by atoms with E-state index >= 15 is 0 Å². The lowest BCUT2D eigenvalue weighted by Crippen LogP contribution is -2.47. The zero-order valence-electron chi connectivity index (χ0n) is 11.4. The molecule has 0 unspecified atom stereocenters. The largest absolute Gasteiger partial charge is 0.469 e. The molecule has 1 aliphatic rings. The molecule has 100 valence electrons. The summed E-state index contributed by atoms with van der Waals surface area (Å²) in [5.74, 6) is 1.79. The first-order valence-electron chi connectivity index (χ1n) is 6.38. The number of ether oxygens (including phenoxy) is 1. The van der Waals surface area contributed by atoms with Gasteiger partial charge >= 0.3 is 5.97 Å². The van der Waals surface area contributed by atoms with E-state index in [1.807, 2.05) is 26.1 Å². The molecule has 0 spiro atoms. The van der Waals surface area contributed by atoms with E-state index < -0.39 is 0 Å². The van der Waals surface area contributed by atoms with Crippen molar-refractivity contribution in [3.05, 3.63) is 23.7 Å². The minimum atomic E-state index is -0.287. The highest BCUT2D eigenvalue weighted by Gasteiger charge is 2.45. The Balaban J connectivity index is 1.94. The lowest BCUT2D eigenvalue weighted by molar-refractivity contribution is -0.160. The summed E-state index contributed by atoms with van der Waals surface area (Å²) in [4.78, 5) is 14.0. The van der Waals surface area contributed by atoms with Gasteiger partial charge in [-0.2, -0.15) is 0 Å². The third-order valence-corrected chi connectivity index (χ3v) is 3.72. The molecule has 1 aliphatic carbocycles. The fraction of sp³-hybridized carbons (Fsp3) is 0.643. The number of rotatable bonds is 5. The molecule has 2 rings (SSSR count). The molecule has 1 fully saturated rings. The molecular weight excluding hydrogens is 230 g/mol. The first-order chi connectivity index (χ1) is 8.55. The summed E-state index contributed by atoms with van der Waals surface area (Å²) < 4.78 is 10.5. The van der Waals surface area contributed by atoms with Gasteiger partial charge in [0.1, 0.15) is 11.5 Å². The van der Waals surface area contributed by atoms with Crippen LogP contribution in [0, 0.1) is 12.3 Å². The standard InChI is InChI=1S/C14H21NO3/c1-11-5-6-12(18-11)9-15(2)10-14(7-4-8-14)13(16)17-3/h5-6H,4,7-10H2,1-3H3. The third kappa shape index (κ3) is 2.58. The number of aryl methyl sites for hydroxylation is 1. The maximum absolute atomic E-state index is 11.8. The summed E-state index contributed by atoms with van der Waals surface area (Å²) in [6.07, 6.45) is 2.98. The van der Waals surface area contributed by atoms with Crippen molar-refractivity contribution in [2.24, 2.45) is 5.41 Å². The summed E-state index contributed by atoms with van der Waals surface area (Å²) in [7, 11) is 3.49. The molecule has 4 heteroatoms. The summed E-state index contributed by atoms with van der Waals surface area (Å²) in [6.45, 7) is 3.40. The minimum absolute atomic E-state index is 0.0729. The maximum Gasteiger partial charge on any atom is 0.313 e. The molecule has 0 saturated heterocycles. The summed E-state index contributed by atoms with van der Waals surface area (Å²) in [5, 5.41) is 0. The maximum atomic E-state index is 11.8. The van der Waals surface area contributed by atoms with Gasteiger partial charge in [0.05, 0.1) is 19.1 Å². The van der Waals surface area contributed by atoms with Crippen LogP contribution in [0.2, 0.25) is 0 Å². The predicted octanol–water partition coefficient (Wildman–Crippen LogP) is 2.36. The monoisotopic (exact) mass is 251 g/mol. The first kappa shape index (κ1) is 13.1. The van der Waals surface area contributed by atoms with Crippen LogP contribution in [-0.2, 0) is 16.1 Å². The van der Waals surface area contributed by atoms with Crippen molar-refractivity contribution in [1.82, 2.24) is 4.90 Å². The Morgan fingerprint density at radius 2 is 2.22 bits per heavy atom. The molecule has 4 nitrogen and oxygen atoms in total. The molecule has 0 bridgehead atoms. The normalized spacial score (nSPS) is 17.6. The smallest absolute Gasteiger partial charge is 0.313 e. The van der Waals surface area contributed by atoms with Crippen LogP contribution in [0.3, 0.4) is 0 Å². The lowest BCUT2D eigenvalue weighted by Gasteiger charge is -2.41.